The Labute approximate surface area is 169 Å². The lowest BCUT2D eigenvalue weighted by molar-refractivity contribution is -0.120. The Kier molecular flexibility index (Phi) is 9.55. The number of benzene rings is 2. The van der Waals surface area contributed by atoms with Crippen LogP contribution in [0.1, 0.15) is 37.4 Å². The molecule has 0 saturated carbocycles. The number of nitrogens with one attached hydrogen (secondary N) is 3. The monoisotopic (exact) mass is 411 g/mol. The first kappa shape index (κ1) is 23.5. The molecule has 0 aliphatic rings. The molecule has 0 radical (unpaired) electrons. The van der Waals surface area contributed by atoms with E-state index >= 15 is 0 Å². The van der Waals surface area contributed by atoms with Gasteiger partial charge in [0.05, 0.1) is 12.5 Å². The lowest BCUT2D eigenvalue weighted by Crippen LogP contribution is -2.30. The second-order valence-electron chi connectivity index (χ2n) is 6.11. The minimum Gasteiger partial charge on any atom is -0.349 e. The highest BCUT2D eigenvalue weighted by atomic mass is 35.5. The van der Waals surface area contributed by atoms with Crippen molar-refractivity contribution in [1.82, 2.24) is 10.6 Å². The third-order valence-corrected chi connectivity index (χ3v) is 3.96. The maximum Gasteiger partial charge on any atom is 0.226 e. The van der Waals surface area contributed by atoms with E-state index in [2.05, 4.69) is 16.0 Å². The largest absolute Gasteiger partial charge is 0.349 e. The third-order valence-electron chi connectivity index (χ3n) is 3.96. The number of halogens is 3. The van der Waals surface area contributed by atoms with Crippen LogP contribution < -0.4 is 16.0 Å². The van der Waals surface area contributed by atoms with Crippen LogP contribution in [-0.4, -0.2) is 18.4 Å². The SMILES string of the molecule is CCNCc1ccccc1NC(=O)CC(NC(C)=O)c1ccc(F)cc1F.Cl. The van der Waals surface area contributed by atoms with Crippen molar-refractivity contribution in [2.24, 2.45) is 0 Å². The number of hydrogen-bond acceptors (Lipinski definition) is 3. The van der Waals surface area contributed by atoms with Crippen LogP contribution in [0.4, 0.5) is 14.5 Å². The molecule has 3 N–H and O–H groups in total. The second kappa shape index (κ2) is 11.4. The number of carbonyl (C=O) groups is 2. The number of para-hydroxylation sites is 1. The molecule has 1 unspecified atom stereocenters. The minimum absolute atomic E-state index is 0. The van der Waals surface area contributed by atoms with Crippen molar-refractivity contribution in [2.45, 2.75) is 32.9 Å². The first-order valence-corrected chi connectivity index (χ1v) is 8.71. The maximum absolute atomic E-state index is 14.1. The van der Waals surface area contributed by atoms with Gasteiger partial charge in [-0.3, -0.25) is 9.59 Å². The zero-order chi connectivity index (χ0) is 19.8. The molecule has 0 aromatic heterocycles. The lowest BCUT2D eigenvalue weighted by atomic mass is 10.0. The van der Waals surface area contributed by atoms with Crippen LogP contribution in [0.2, 0.25) is 0 Å². The molecule has 0 fully saturated rings. The summed E-state index contributed by atoms with van der Waals surface area (Å²) in [6.07, 6.45) is -0.183. The molecule has 0 saturated heterocycles. The molecule has 152 valence electrons. The van der Waals surface area contributed by atoms with Gasteiger partial charge in [-0.05, 0) is 24.2 Å². The first-order chi connectivity index (χ1) is 12.9. The van der Waals surface area contributed by atoms with Gasteiger partial charge in [-0.1, -0.05) is 31.2 Å². The summed E-state index contributed by atoms with van der Waals surface area (Å²) >= 11 is 0. The van der Waals surface area contributed by atoms with Crippen LogP contribution in [0.5, 0.6) is 0 Å². The van der Waals surface area contributed by atoms with E-state index in [0.29, 0.717) is 12.2 Å². The molecular weight excluding hydrogens is 388 g/mol. The second-order valence-corrected chi connectivity index (χ2v) is 6.11. The van der Waals surface area contributed by atoms with Gasteiger partial charge in [0.1, 0.15) is 11.6 Å². The zero-order valence-electron chi connectivity index (χ0n) is 15.7. The highest BCUT2D eigenvalue weighted by Gasteiger charge is 2.21. The summed E-state index contributed by atoms with van der Waals surface area (Å²) in [5.74, 6) is -2.33. The van der Waals surface area contributed by atoms with Gasteiger partial charge in [0.15, 0.2) is 0 Å². The van der Waals surface area contributed by atoms with Crippen molar-refractivity contribution in [3.8, 4) is 0 Å². The highest BCUT2D eigenvalue weighted by molar-refractivity contribution is 5.92. The summed E-state index contributed by atoms with van der Waals surface area (Å²) in [5.41, 5.74) is 1.61. The highest BCUT2D eigenvalue weighted by Crippen LogP contribution is 2.23. The normalized spacial score (nSPS) is 11.3. The average Bonchev–Trinajstić information content (AvgIpc) is 2.60. The lowest BCUT2D eigenvalue weighted by Gasteiger charge is -2.19. The molecule has 8 heteroatoms. The van der Waals surface area contributed by atoms with Crippen molar-refractivity contribution in [3.05, 3.63) is 65.2 Å². The van der Waals surface area contributed by atoms with Crippen molar-refractivity contribution in [2.75, 3.05) is 11.9 Å². The van der Waals surface area contributed by atoms with Crippen LogP contribution in [0.15, 0.2) is 42.5 Å². The Balaban J connectivity index is 0.00000392. The molecule has 0 heterocycles. The summed E-state index contributed by atoms with van der Waals surface area (Å²) in [7, 11) is 0. The number of rotatable bonds is 8. The van der Waals surface area contributed by atoms with E-state index in [1.165, 1.54) is 13.0 Å². The molecule has 5 nitrogen and oxygen atoms in total. The Morgan fingerprint density at radius 2 is 1.82 bits per heavy atom. The topological polar surface area (TPSA) is 70.2 Å². The molecular formula is C20H24ClF2N3O2. The van der Waals surface area contributed by atoms with Crippen LogP contribution in [0.3, 0.4) is 0 Å². The van der Waals surface area contributed by atoms with Crippen molar-refractivity contribution < 1.29 is 18.4 Å². The Hall–Kier alpha value is -2.51. The van der Waals surface area contributed by atoms with E-state index < -0.39 is 23.6 Å². The fourth-order valence-electron chi connectivity index (χ4n) is 2.71. The van der Waals surface area contributed by atoms with Gasteiger partial charge in [0, 0.05) is 30.8 Å². The minimum atomic E-state index is -0.899. The predicted molar refractivity (Wildman–Crippen MR) is 107 cm³/mol. The van der Waals surface area contributed by atoms with Gasteiger partial charge in [0.25, 0.3) is 0 Å². The molecule has 2 aromatic carbocycles. The van der Waals surface area contributed by atoms with E-state index in [4.69, 9.17) is 0 Å². The van der Waals surface area contributed by atoms with Crippen molar-refractivity contribution in [3.63, 3.8) is 0 Å². The summed E-state index contributed by atoms with van der Waals surface area (Å²) < 4.78 is 27.3. The molecule has 1 atom stereocenters. The fraction of sp³-hybridized carbons (Fsp3) is 0.300. The number of carbonyl (C=O) groups excluding carboxylic acids is 2. The number of hydrogen-bond donors (Lipinski definition) is 3. The van der Waals surface area contributed by atoms with E-state index in [1.807, 2.05) is 19.1 Å². The molecule has 2 aromatic rings. The van der Waals surface area contributed by atoms with Gasteiger partial charge < -0.3 is 16.0 Å². The molecule has 2 rings (SSSR count). The smallest absolute Gasteiger partial charge is 0.226 e. The van der Waals surface area contributed by atoms with E-state index in [9.17, 15) is 18.4 Å². The van der Waals surface area contributed by atoms with Gasteiger partial charge >= 0.3 is 0 Å². The predicted octanol–water partition coefficient (Wildman–Crippen LogP) is 3.70. The Morgan fingerprint density at radius 1 is 1.11 bits per heavy atom. The quantitative estimate of drug-likeness (QED) is 0.620. The maximum atomic E-state index is 14.1. The van der Waals surface area contributed by atoms with Crippen LogP contribution in [0.25, 0.3) is 0 Å². The molecule has 0 bridgehead atoms. The van der Waals surface area contributed by atoms with Crippen LogP contribution in [-0.2, 0) is 16.1 Å². The third kappa shape index (κ3) is 6.90. The fourth-order valence-corrected chi connectivity index (χ4v) is 2.71. The summed E-state index contributed by atoms with van der Waals surface area (Å²) in [4.78, 5) is 24.0. The van der Waals surface area contributed by atoms with Gasteiger partial charge in [-0.25, -0.2) is 8.78 Å². The molecule has 0 aliphatic heterocycles. The first-order valence-electron chi connectivity index (χ1n) is 8.71. The molecule has 0 spiro atoms. The van der Waals surface area contributed by atoms with E-state index in [1.54, 1.807) is 12.1 Å². The standard InChI is InChI=1S/C20H23F2N3O2.ClH/c1-3-23-12-14-6-4-5-7-18(14)25-20(27)11-19(24-13(2)26)16-9-8-15(21)10-17(16)22;/h4-10,19,23H,3,11-12H2,1-2H3,(H,24,26)(H,25,27);1H. The summed E-state index contributed by atoms with van der Waals surface area (Å²) in [5, 5.41) is 8.53. The van der Waals surface area contributed by atoms with Gasteiger partial charge in [-0.2, -0.15) is 0 Å². The van der Waals surface area contributed by atoms with Crippen molar-refractivity contribution in [1.29, 1.82) is 0 Å². The molecule has 0 aliphatic carbocycles. The molecule has 28 heavy (non-hydrogen) atoms. The summed E-state index contributed by atoms with van der Waals surface area (Å²) in [6.45, 7) is 4.64. The van der Waals surface area contributed by atoms with Crippen LogP contribution in [0, 0.1) is 11.6 Å². The van der Waals surface area contributed by atoms with Gasteiger partial charge in [-0.15, -0.1) is 12.4 Å². The van der Waals surface area contributed by atoms with Crippen LogP contribution >= 0.6 is 12.4 Å². The van der Waals surface area contributed by atoms with Gasteiger partial charge in [0.2, 0.25) is 11.8 Å². The van der Waals surface area contributed by atoms with Crippen molar-refractivity contribution >= 4 is 29.9 Å². The Bertz CT molecular complexity index is 818. The Morgan fingerprint density at radius 3 is 2.46 bits per heavy atom. The molecule has 2 amide bonds. The number of anilines is 1. The average molecular weight is 412 g/mol. The zero-order valence-corrected chi connectivity index (χ0v) is 16.5. The van der Waals surface area contributed by atoms with E-state index in [-0.39, 0.29) is 30.3 Å². The van der Waals surface area contributed by atoms with E-state index in [0.717, 1.165) is 24.2 Å². The summed E-state index contributed by atoms with van der Waals surface area (Å²) in [6, 6.07) is 9.50. The number of amides is 2.